The molecule has 0 aliphatic carbocycles. The van der Waals surface area contributed by atoms with Gasteiger partial charge in [-0.05, 0) is 50.1 Å². The first-order chi connectivity index (χ1) is 13.0. The number of fused-ring (bicyclic) bond motifs is 1. The summed E-state index contributed by atoms with van der Waals surface area (Å²) < 4.78 is 1.08. The van der Waals surface area contributed by atoms with E-state index in [0.717, 1.165) is 26.5 Å². The van der Waals surface area contributed by atoms with E-state index in [9.17, 15) is 4.79 Å². The summed E-state index contributed by atoms with van der Waals surface area (Å²) in [5.74, 6) is -0.0715. The van der Waals surface area contributed by atoms with Crippen LogP contribution >= 0.6 is 22.7 Å². The zero-order valence-electron chi connectivity index (χ0n) is 15.3. The van der Waals surface area contributed by atoms with Crippen LogP contribution in [0, 0.1) is 20.8 Å². The number of aryl methyl sites for hydroxylation is 3. The van der Waals surface area contributed by atoms with Crippen molar-refractivity contribution in [3.05, 3.63) is 69.4 Å². The van der Waals surface area contributed by atoms with Gasteiger partial charge < -0.3 is 0 Å². The van der Waals surface area contributed by atoms with Gasteiger partial charge in [-0.2, -0.15) is 0 Å². The number of pyridine rings is 1. The minimum Gasteiger partial charge on any atom is -0.279 e. The predicted octanol–water partition coefficient (Wildman–Crippen LogP) is 4.92. The number of benzene rings is 1. The van der Waals surface area contributed by atoms with Gasteiger partial charge in [0.1, 0.15) is 4.88 Å². The van der Waals surface area contributed by atoms with E-state index >= 15 is 0 Å². The van der Waals surface area contributed by atoms with Crippen molar-refractivity contribution in [2.75, 3.05) is 4.90 Å². The second-order valence-electron chi connectivity index (χ2n) is 6.37. The Bertz CT molecular complexity index is 1120. The second kappa shape index (κ2) is 7.17. The topological polar surface area (TPSA) is 59.0 Å². The first kappa shape index (κ1) is 17.8. The summed E-state index contributed by atoms with van der Waals surface area (Å²) in [5.41, 5.74) is 3.80. The van der Waals surface area contributed by atoms with Gasteiger partial charge in [-0.15, -0.1) is 11.3 Å². The van der Waals surface area contributed by atoms with E-state index in [0.29, 0.717) is 16.6 Å². The highest BCUT2D eigenvalue weighted by Gasteiger charge is 2.25. The molecule has 0 fully saturated rings. The quantitative estimate of drug-likeness (QED) is 0.493. The van der Waals surface area contributed by atoms with Crippen molar-refractivity contribution >= 4 is 43.9 Å². The standard InChI is InChI=1S/C20H18N4OS2/c1-12-6-7-16-17(9-12)27-20(23-16)24(11-15-5-4-8-21-10-15)19(25)18-13(2)22-14(3)26-18/h4-10H,11H2,1-3H3. The molecule has 0 aliphatic heterocycles. The van der Waals surface area contributed by atoms with Crippen LogP contribution in [0.3, 0.4) is 0 Å². The molecule has 3 aromatic heterocycles. The first-order valence-corrected chi connectivity index (χ1v) is 10.2. The van der Waals surface area contributed by atoms with Gasteiger partial charge in [-0.1, -0.05) is 23.5 Å². The van der Waals surface area contributed by atoms with Crippen LogP contribution in [-0.4, -0.2) is 20.9 Å². The average Bonchev–Trinajstić information content (AvgIpc) is 3.22. The van der Waals surface area contributed by atoms with Crippen LogP contribution in [0.2, 0.25) is 0 Å². The van der Waals surface area contributed by atoms with Gasteiger partial charge in [0, 0.05) is 12.4 Å². The van der Waals surface area contributed by atoms with Crippen molar-refractivity contribution in [1.29, 1.82) is 0 Å². The lowest BCUT2D eigenvalue weighted by atomic mass is 10.2. The average molecular weight is 395 g/mol. The molecule has 0 saturated heterocycles. The SMILES string of the molecule is Cc1ccc2nc(N(Cc3cccnc3)C(=O)c3sc(C)nc3C)sc2c1. The van der Waals surface area contributed by atoms with Gasteiger partial charge in [0.05, 0.1) is 27.5 Å². The minimum atomic E-state index is -0.0715. The Morgan fingerprint density at radius 3 is 2.67 bits per heavy atom. The Balaban J connectivity index is 1.79. The zero-order chi connectivity index (χ0) is 19.0. The fourth-order valence-corrected chi connectivity index (χ4v) is 4.82. The first-order valence-electron chi connectivity index (χ1n) is 8.53. The molecule has 0 bridgehead atoms. The summed E-state index contributed by atoms with van der Waals surface area (Å²) in [6, 6.07) is 9.98. The maximum absolute atomic E-state index is 13.4. The van der Waals surface area contributed by atoms with Crippen molar-refractivity contribution in [3.8, 4) is 0 Å². The Kier molecular flexibility index (Phi) is 4.72. The molecule has 1 aromatic carbocycles. The predicted molar refractivity (Wildman–Crippen MR) is 111 cm³/mol. The van der Waals surface area contributed by atoms with Gasteiger partial charge in [0.2, 0.25) is 0 Å². The Hall–Kier alpha value is -2.64. The summed E-state index contributed by atoms with van der Waals surface area (Å²) in [4.78, 5) is 29.1. The molecule has 7 heteroatoms. The third-order valence-electron chi connectivity index (χ3n) is 4.17. The van der Waals surface area contributed by atoms with E-state index in [1.54, 1.807) is 17.3 Å². The minimum absolute atomic E-state index is 0.0715. The number of anilines is 1. The fourth-order valence-electron chi connectivity index (χ4n) is 2.89. The fraction of sp³-hybridized carbons (Fsp3) is 0.200. The van der Waals surface area contributed by atoms with Crippen LogP contribution in [0.1, 0.15) is 31.5 Å². The molecule has 136 valence electrons. The van der Waals surface area contributed by atoms with E-state index < -0.39 is 0 Å². The molecule has 27 heavy (non-hydrogen) atoms. The molecule has 0 atom stereocenters. The largest absolute Gasteiger partial charge is 0.279 e. The van der Waals surface area contributed by atoms with E-state index in [-0.39, 0.29) is 5.91 Å². The van der Waals surface area contributed by atoms with Gasteiger partial charge in [0.15, 0.2) is 5.13 Å². The number of carbonyl (C=O) groups excluding carboxylic acids is 1. The summed E-state index contributed by atoms with van der Waals surface area (Å²) in [5, 5.41) is 1.58. The van der Waals surface area contributed by atoms with Crippen molar-refractivity contribution in [2.45, 2.75) is 27.3 Å². The molecule has 4 aromatic rings. The maximum Gasteiger partial charge on any atom is 0.272 e. The van der Waals surface area contributed by atoms with Crippen molar-refractivity contribution in [3.63, 3.8) is 0 Å². The monoisotopic (exact) mass is 394 g/mol. The van der Waals surface area contributed by atoms with Crippen LogP contribution in [0.4, 0.5) is 5.13 Å². The number of hydrogen-bond donors (Lipinski definition) is 0. The molecule has 0 saturated carbocycles. The lowest BCUT2D eigenvalue weighted by molar-refractivity contribution is 0.0988. The smallest absolute Gasteiger partial charge is 0.272 e. The molecule has 4 rings (SSSR count). The highest BCUT2D eigenvalue weighted by molar-refractivity contribution is 7.22. The second-order valence-corrected chi connectivity index (χ2v) is 8.58. The molecular weight excluding hydrogens is 376 g/mol. The number of nitrogens with zero attached hydrogens (tertiary/aromatic N) is 4. The normalized spacial score (nSPS) is 11.1. The number of carbonyl (C=O) groups is 1. The van der Waals surface area contributed by atoms with Crippen LogP contribution < -0.4 is 4.90 Å². The molecule has 0 radical (unpaired) electrons. The molecule has 0 spiro atoms. The van der Waals surface area contributed by atoms with Crippen LogP contribution in [0.5, 0.6) is 0 Å². The molecule has 0 unspecified atom stereocenters. The number of thiazole rings is 2. The van der Waals surface area contributed by atoms with Crippen molar-refractivity contribution < 1.29 is 4.79 Å². The summed E-state index contributed by atoms with van der Waals surface area (Å²) >= 11 is 2.96. The molecule has 5 nitrogen and oxygen atoms in total. The number of rotatable bonds is 4. The Labute approximate surface area is 165 Å². The van der Waals surface area contributed by atoms with Crippen LogP contribution in [0.15, 0.2) is 42.7 Å². The van der Waals surface area contributed by atoms with Gasteiger partial charge in [-0.25, -0.2) is 9.97 Å². The van der Waals surface area contributed by atoms with E-state index in [1.807, 2.05) is 38.1 Å². The number of amides is 1. The zero-order valence-corrected chi connectivity index (χ0v) is 16.9. The summed E-state index contributed by atoms with van der Waals surface area (Å²) in [6.07, 6.45) is 3.51. The summed E-state index contributed by atoms with van der Waals surface area (Å²) in [7, 11) is 0. The third kappa shape index (κ3) is 3.61. The van der Waals surface area contributed by atoms with Gasteiger partial charge in [0.25, 0.3) is 5.91 Å². The Morgan fingerprint density at radius 1 is 1.11 bits per heavy atom. The number of hydrogen-bond acceptors (Lipinski definition) is 6. The lowest BCUT2D eigenvalue weighted by Gasteiger charge is -2.19. The highest BCUT2D eigenvalue weighted by Crippen LogP contribution is 2.32. The molecule has 1 amide bonds. The van der Waals surface area contributed by atoms with E-state index in [2.05, 4.69) is 23.0 Å². The Morgan fingerprint density at radius 2 is 1.96 bits per heavy atom. The summed E-state index contributed by atoms with van der Waals surface area (Å²) in [6.45, 7) is 6.27. The number of aromatic nitrogens is 3. The van der Waals surface area contributed by atoms with Gasteiger partial charge in [-0.3, -0.25) is 14.7 Å². The van der Waals surface area contributed by atoms with E-state index in [4.69, 9.17) is 4.98 Å². The molecule has 0 aliphatic rings. The maximum atomic E-state index is 13.4. The molecule has 3 heterocycles. The molecular formula is C20H18N4OS2. The van der Waals surface area contributed by atoms with Crippen molar-refractivity contribution in [2.24, 2.45) is 0 Å². The van der Waals surface area contributed by atoms with Crippen LogP contribution in [0.25, 0.3) is 10.2 Å². The van der Waals surface area contributed by atoms with Crippen molar-refractivity contribution in [1.82, 2.24) is 15.0 Å². The molecule has 0 N–H and O–H groups in total. The lowest BCUT2D eigenvalue weighted by Crippen LogP contribution is -2.30. The highest BCUT2D eigenvalue weighted by atomic mass is 32.1. The van der Waals surface area contributed by atoms with Gasteiger partial charge >= 0.3 is 0 Å². The van der Waals surface area contributed by atoms with Crippen LogP contribution in [-0.2, 0) is 6.54 Å². The van der Waals surface area contributed by atoms with E-state index in [1.165, 1.54) is 28.2 Å². The third-order valence-corrected chi connectivity index (χ3v) is 6.27.